The SMILES string of the molecule is COc1ccc(NC(=O)CCc2csc(NS(=O)(=O)c3ccccc3)n2)cc1Cl. The third-order valence-electron chi connectivity index (χ3n) is 3.87. The van der Waals surface area contributed by atoms with Crippen LogP contribution in [0.15, 0.2) is 58.8 Å². The van der Waals surface area contributed by atoms with Gasteiger partial charge < -0.3 is 10.1 Å². The second-order valence-electron chi connectivity index (χ2n) is 5.96. The number of rotatable bonds is 8. The highest BCUT2D eigenvalue weighted by Crippen LogP contribution is 2.27. The van der Waals surface area contributed by atoms with Gasteiger partial charge in [-0.15, -0.1) is 11.3 Å². The van der Waals surface area contributed by atoms with E-state index in [4.69, 9.17) is 16.3 Å². The van der Waals surface area contributed by atoms with E-state index in [1.165, 1.54) is 30.6 Å². The Kier molecular flexibility index (Phi) is 6.73. The molecular weight excluding hydrogens is 434 g/mol. The summed E-state index contributed by atoms with van der Waals surface area (Å²) >= 11 is 7.21. The van der Waals surface area contributed by atoms with Crippen molar-refractivity contribution in [3.05, 3.63) is 64.6 Å². The first kappa shape index (κ1) is 21.1. The Morgan fingerprint density at radius 1 is 1.21 bits per heavy atom. The molecular formula is C19H18ClN3O4S2. The highest BCUT2D eigenvalue weighted by Gasteiger charge is 2.16. The zero-order valence-electron chi connectivity index (χ0n) is 15.4. The number of aryl methyl sites for hydroxylation is 1. The van der Waals surface area contributed by atoms with Crippen LogP contribution in [0, 0.1) is 0 Å². The van der Waals surface area contributed by atoms with Crippen LogP contribution in [-0.4, -0.2) is 26.4 Å². The molecule has 10 heteroatoms. The molecule has 0 bridgehead atoms. The van der Waals surface area contributed by atoms with Crippen molar-refractivity contribution < 1.29 is 17.9 Å². The maximum absolute atomic E-state index is 12.3. The van der Waals surface area contributed by atoms with Crippen molar-refractivity contribution in [2.45, 2.75) is 17.7 Å². The van der Waals surface area contributed by atoms with E-state index < -0.39 is 10.0 Å². The van der Waals surface area contributed by atoms with Gasteiger partial charge in [-0.25, -0.2) is 13.4 Å². The van der Waals surface area contributed by atoms with Gasteiger partial charge in [-0.05, 0) is 36.8 Å². The number of ether oxygens (including phenoxy) is 1. The van der Waals surface area contributed by atoms with Crippen LogP contribution in [0.25, 0.3) is 0 Å². The number of aromatic nitrogens is 1. The summed E-state index contributed by atoms with van der Waals surface area (Å²) in [5.41, 5.74) is 1.19. The van der Waals surface area contributed by atoms with Crippen LogP contribution in [0.2, 0.25) is 5.02 Å². The van der Waals surface area contributed by atoms with Crippen LogP contribution in [-0.2, 0) is 21.2 Å². The van der Waals surface area contributed by atoms with Gasteiger partial charge in [0.2, 0.25) is 5.91 Å². The molecule has 2 aromatic carbocycles. The van der Waals surface area contributed by atoms with Crippen molar-refractivity contribution in [1.82, 2.24) is 4.98 Å². The van der Waals surface area contributed by atoms with Crippen LogP contribution in [0.3, 0.4) is 0 Å². The lowest BCUT2D eigenvalue weighted by atomic mass is 10.2. The van der Waals surface area contributed by atoms with Gasteiger partial charge in [0.25, 0.3) is 10.0 Å². The molecule has 152 valence electrons. The molecule has 1 aromatic heterocycles. The van der Waals surface area contributed by atoms with E-state index in [0.717, 1.165) is 0 Å². The fraction of sp³-hybridized carbons (Fsp3) is 0.158. The number of hydrogen-bond donors (Lipinski definition) is 2. The normalized spacial score (nSPS) is 11.1. The molecule has 0 radical (unpaired) electrons. The summed E-state index contributed by atoms with van der Waals surface area (Å²) in [6, 6.07) is 13.0. The molecule has 0 spiro atoms. The fourth-order valence-corrected chi connectivity index (χ4v) is 4.73. The van der Waals surface area contributed by atoms with Crippen molar-refractivity contribution in [3.8, 4) is 5.75 Å². The summed E-state index contributed by atoms with van der Waals surface area (Å²) in [6.45, 7) is 0. The Hall–Kier alpha value is -2.62. The van der Waals surface area contributed by atoms with Gasteiger partial charge in [-0.3, -0.25) is 9.52 Å². The lowest BCUT2D eigenvalue weighted by Gasteiger charge is -2.07. The smallest absolute Gasteiger partial charge is 0.263 e. The predicted octanol–water partition coefficient (Wildman–Crippen LogP) is 4.18. The fourth-order valence-electron chi connectivity index (χ4n) is 2.45. The van der Waals surface area contributed by atoms with E-state index in [-0.39, 0.29) is 22.4 Å². The van der Waals surface area contributed by atoms with Crippen LogP contribution in [0.1, 0.15) is 12.1 Å². The highest BCUT2D eigenvalue weighted by molar-refractivity contribution is 7.93. The molecule has 0 aliphatic heterocycles. The quantitative estimate of drug-likeness (QED) is 0.535. The molecule has 0 atom stereocenters. The molecule has 3 aromatic rings. The number of carbonyl (C=O) groups is 1. The number of halogens is 1. The number of hydrogen-bond acceptors (Lipinski definition) is 6. The zero-order chi connectivity index (χ0) is 20.9. The summed E-state index contributed by atoms with van der Waals surface area (Å²) in [5.74, 6) is 0.322. The van der Waals surface area contributed by atoms with Crippen molar-refractivity contribution in [3.63, 3.8) is 0 Å². The van der Waals surface area contributed by atoms with Gasteiger partial charge in [-0.1, -0.05) is 29.8 Å². The van der Waals surface area contributed by atoms with E-state index in [9.17, 15) is 13.2 Å². The van der Waals surface area contributed by atoms with E-state index in [0.29, 0.717) is 28.6 Å². The minimum atomic E-state index is -3.69. The molecule has 0 saturated heterocycles. The minimum Gasteiger partial charge on any atom is -0.495 e. The molecule has 0 aliphatic carbocycles. The Labute approximate surface area is 177 Å². The van der Waals surface area contributed by atoms with Gasteiger partial charge in [-0.2, -0.15) is 0 Å². The van der Waals surface area contributed by atoms with Crippen LogP contribution in [0.4, 0.5) is 10.8 Å². The highest BCUT2D eigenvalue weighted by atomic mass is 35.5. The average Bonchev–Trinajstić information content (AvgIpc) is 3.14. The molecule has 0 fully saturated rings. The first-order chi connectivity index (χ1) is 13.9. The standard InChI is InChI=1S/C19H18ClN3O4S2/c1-27-17-9-7-13(11-16(17)20)21-18(24)10-8-14-12-28-19(22-14)23-29(25,26)15-5-3-2-4-6-15/h2-7,9,11-12H,8,10H2,1H3,(H,21,24)(H,22,23). The van der Waals surface area contributed by atoms with E-state index >= 15 is 0 Å². The summed E-state index contributed by atoms with van der Waals surface area (Å²) in [7, 11) is -2.17. The average molecular weight is 452 g/mol. The predicted molar refractivity (Wildman–Crippen MR) is 114 cm³/mol. The number of nitrogens with one attached hydrogen (secondary N) is 2. The van der Waals surface area contributed by atoms with Crippen molar-refractivity contribution >= 4 is 49.7 Å². The number of nitrogens with zero attached hydrogens (tertiary/aromatic N) is 1. The minimum absolute atomic E-state index is 0.161. The number of thiazole rings is 1. The second-order valence-corrected chi connectivity index (χ2v) is 8.91. The molecule has 29 heavy (non-hydrogen) atoms. The van der Waals surface area contributed by atoms with Crippen molar-refractivity contribution in [1.29, 1.82) is 0 Å². The van der Waals surface area contributed by atoms with Gasteiger partial charge in [0.05, 0.1) is 22.7 Å². The Balaban J connectivity index is 1.55. The summed E-state index contributed by atoms with van der Waals surface area (Å²) in [4.78, 5) is 16.6. The zero-order valence-corrected chi connectivity index (χ0v) is 17.8. The maximum Gasteiger partial charge on any atom is 0.263 e. The lowest BCUT2D eigenvalue weighted by Crippen LogP contribution is -2.13. The first-order valence-electron chi connectivity index (χ1n) is 8.53. The van der Waals surface area contributed by atoms with E-state index in [1.54, 1.807) is 41.8 Å². The molecule has 7 nitrogen and oxygen atoms in total. The van der Waals surface area contributed by atoms with E-state index in [1.807, 2.05) is 0 Å². The number of benzene rings is 2. The van der Waals surface area contributed by atoms with E-state index in [2.05, 4.69) is 15.0 Å². The van der Waals surface area contributed by atoms with Crippen LogP contribution >= 0.6 is 22.9 Å². The molecule has 1 amide bonds. The molecule has 2 N–H and O–H groups in total. The summed E-state index contributed by atoms with van der Waals surface area (Å²) < 4.78 is 32.2. The molecule has 0 unspecified atom stereocenters. The largest absolute Gasteiger partial charge is 0.495 e. The van der Waals surface area contributed by atoms with Crippen molar-refractivity contribution in [2.24, 2.45) is 0 Å². The van der Waals surface area contributed by atoms with Gasteiger partial charge in [0.15, 0.2) is 5.13 Å². The molecule has 1 heterocycles. The number of carbonyl (C=O) groups excluding carboxylic acids is 1. The second kappa shape index (κ2) is 9.25. The molecule has 0 saturated carbocycles. The third-order valence-corrected chi connectivity index (χ3v) is 6.46. The summed E-state index contributed by atoms with van der Waals surface area (Å²) in [5, 5.41) is 5.14. The third kappa shape index (κ3) is 5.69. The Bertz CT molecular complexity index is 1100. The van der Waals surface area contributed by atoms with Gasteiger partial charge in [0, 0.05) is 17.5 Å². The number of methoxy groups -OCH3 is 1. The number of sulfonamides is 1. The molecule has 3 rings (SSSR count). The Morgan fingerprint density at radius 2 is 1.97 bits per heavy atom. The van der Waals surface area contributed by atoms with Gasteiger partial charge >= 0.3 is 0 Å². The van der Waals surface area contributed by atoms with Crippen LogP contribution < -0.4 is 14.8 Å². The first-order valence-corrected chi connectivity index (χ1v) is 11.3. The van der Waals surface area contributed by atoms with Gasteiger partial charge in [0.1, 0.15) is 5.75 Å². The maximum atomic E-state index is 12.3. The molecule has 0 aliphatic rings. The number of anilines is 2. The monoisotopic (exact) mass is 451 g/mol. The lowest BCUT2D eigenvalue weighted by molar-refractivity contribution is -0.116. The Morgan fingerprint density at radius 3 is 2.66 bits per heavy atom. The van der Waals surface area contributed by atoms with Crippen LogP contribution in [0.5, 0.6) is 5.75 Å². The number of amides is 1. The summed E-state index contributed by atoms with van der Waals surface area (Å²) in [6.07, 6.45) is 0.567. The topological polar surface area (TPSA) is 97.4 Å². The van der Waals surface area contributed by atoms with Crippen molar-refractivity contribution in [2.75, 3.05) is 17.1 Å².